The van der Waals surface area contributed by atoms with Gasteiger partial charge in [-0.3, -0.25) is 4.99 Å². The lowest BCUT2D eigenvalue weighted by Crippen LogP contribution is -2.23. The third kappa shape index (κ3) is 13.2. The topological polar surface area (TPSA) is 77.3 Å². The Morgan fingerprint density at radius 3 is 2.50 bits per heavy atom. The number of guanidine groups is 1. The fourth-order valence-electron chi connectivity index (χ4n) is 0.710. The third-order valence-corrected chi connectivity index (χ3v) is 3.50. The summed E-state index contributed by atoms with van der Waals surface area (Å²) >= 11 is 0. The van der Waals surface area contributed by atoms with E-state index in [2.05, 4.69) is 30.7 Å². The molecule has 0 aliphatic rings. The van der Waals surface area contributed by atoms with E-state index in [9.17, 15) is 0 Å². The number of aliphatic imine (C=N–C) groups is 1. The molecule has 0 saturated heterocycles. The molecule has 0 atom stereocenters. The minimum absolute atomic E-state index is 0.147. The molecule has 0 aliphatic heterocycles. The Morgan fingerprint density at radius 2 is 2.00 bits per heavy atom. The molecule has 0 saturated carbocycles. The lowest BCUT2D eigenvalue weighted by molar-refractivity contribution is 0.737. The van der Waals surface area contributed by atoms with Gasteiger partial charge in [-0.05, 0) is 28.8 Å². The van der Waals surface area contributed by atoms with Crippen molar-refractivity contribution in [2.45, 2.75) is 25.8 Å². The van der Waals surface area contributed by atoms with Crippen LogP contribution < -0.4 is 11.5 Å². The average Bonchev–Trinajstić information content (AvgIpc) is 2.29. The van der Waals surface area contributed by atoms with Gasteiger partial charge in [0.1, 0.15) is 5.03 Å². The Morgan fingerprint density at radius 1 is 1.33 bits per heavy atom. The summed E-state index contributed by atoms with van der Waals surface area (Å²) < 4.78 is 0. The van der Waals surface area contributed by atoms with Gasteiger partial charge >= 0.3 is 0 Å². The van der Waals surface area contributed by atoms with E-state index < -0.39 is 0 Å². The van der Waals surface area contributed by atoms with E-state index in [4.69, 9.17) is 11.5 Å². The number of nitrogens with zero attached hydrogens (tertiary/aromatic N) is 2. The van der Waals surface area contributed by atoms with Crippen LogP contribution in [-0.4, -0.2) is 23.2 Å². The Kier molecular flexibility index (Phi) is 10.7. The Hall–Kier alpha value is -0.880. The second-order valence-corrected chi connectivity index (χ2v) is 6.55. The zero-order valence-electron chi connectivity index (χ0n) is 11.2. The van der Waals surface area contributed by atoms with Crippen LogP contribution in [-0.2, 0) is 0 Å². The van der Waals surface area contributed by atoms with Crippen molar-refractivity contribution in [3.63, 3.8) is 0 Å². The summed E-state index contributed by atoms with van der Waals surface area (Å²) in [4.78, 5) is 8.04. The van der Waals surface area contributed by atoms with Gasteiger partial charge in [-0.25, -0.2) is 4.98 Å². The highest BCUT2D eigenvalue weighted by Gasteiger charge is 1.93. The van der Waals surface area contributed by atoms with Gasteiger partial charge in [-0.15, -0.1) is 0 Å². The van der Waals surface area contributed by atoms with Gasteiger partial charge in [0.05, 0.1) is 6.54 Å². The maximum absolute atomic E-state index is 5.19. The predicted molar refractivity (Wildman–Crippen MR) is 83.7 cm³/mol. The lowest BCUT2D eigenvalue weighted by Gasteiger charge is -1.97. The molecule has 1 aromatic rings. The fraction of sp³-hybridized carbons (Fsp3) is 0.500. The van der Waals surface area contributed by atoms with Crippen molar-refractivity contribution in [1.82, 2.24) is 4.98 Å². The first kappa shape index (κ1) is 17.1. The van der Waals surface area contributed by atoms with Crippen molar-refractivity contribution >= 4 is 27.5 Å². The molecule has 102 valence electrons. The van der Waals surface area contributed by atoms with E-state index in [1.54, 1.807) is 27.8 Å². The van der Waals surface area contributed by atoms with Crippen LogP contribution in [0.2, 0.25) is 0 Å². The number of rotatable bonds is 5. The van der Waals surface area contributed by atoms with Gasteiger partial charge in [-0.2, -0.15) is 0 Å². The smallest absolute Gasteiger partial charge is 0.185 e. The first-order valence-electron chi connectivity index (χ1n) is 5.78. The summed E-state index contributed by atoms with van der Waals surface area (Å²) in [6.45, 7) is 7.15. The molecule has 4 nitrogen and oxygen atoms in total. The van der Waals surface area contributed by atoms with Crippen molar-refractivity contribution in [3.8, 4) is 0 Å². The second kappa shape index (κ2) is 11.2. The SMILES string of the molecule is CC(C)C.NC(N)=NCCSSc1ccccn1. The molecular formula is C12H22N4S2. The summed E-state index contributed by atoms with van der Waals surface area (Å²) in [7, 11) is 3.31. The fourth-order valence-corrected chi connectivity index (χ4v) is 2.45. The molecular weight excluding hydrogens is 264 g/mol. The van der Waals surface area contributed by atoms with Crippen molar-refractivity contribution in [3.05, 3.63) is 24.4 Å². The van der Waals surface area contributed by atoms with Gasteiger partial charge in [0, 0.05) is 11.9 Å². The molecule has 1 rings (SSSR count). The van der Waals surface area contributed by atoms with Crippen LogP contribution in [0.25, 0.3) is 0 Å². The maximum atomic E-state index is 5.19. The predicted octanol–water partition coefficient (Wildman–Crippen LogP) is 2.76. The zero-order chi connectivity index (χ0) is 13.8. The molecule has 1 aromatic heterocycles. The molecule has 0 bridgehead atoms. The number of pyridine rings is 1. The molecule has 0 unspecified atom stereocenters. The van der Waals surface area contributed by atoms with Gasteiger partial charge in [-0.1, -0.05) is 37.6 Å². The van der Waals surface area contributed by atoms with Crippen molar-refractivity contribution in [2.24, 2.45) is 22.4 Å². The monoisotopic (exact) mass is 286 g/mol. The minimum atomic E-state index is 0.147. The Bertz CT molecular complexity index is 321. The van der Waals surface area contributed by atoms with Crippen LogP contribution in [0, 0.1) is 5.92 Å². The van der Waals surface area contributed by atoms with E-state index in [1.807, 2.05) is 18.2 Å². The van der Waals surface area contributed by atoms with Crippen molar-refractivity contribution in [2.75, 3.05) is 12.3 Å². The molecule has 1 heterocycles. The van der Waals surface area contributed by atoms with Crippen molar-refractivity contribution in [1.29, 1.82) is 0 Å². The summed E-state index contributed by atoms with van der Waals surface area (Å²) in [6.07, 6.45) is 1.78. The lowest BCUT2D eigenvalue weighted by atomic mass is 10.3. The van der Waals surface area contributed by atoms with E-state index in [0.29, 0.717) is 6.54 Å². The maximum Gasteiger partial charge on any atom is 0.185 e. The second-order valence-electron chi connectivity index (χ2n) is 4.11. The molecule has 0 aromatic carbocycles. The molecule has 0 fully saturated rings. The highest BCUT2D eigenvalue weighted by Crippen LogP contribution is 2.28. The van der Waals surface area contributed by atoms with Crippen LogP contribution in [0.15, 0.2) is 34.4 Å². The van der Waals surface area contributed by atoms with E-state index in [0.717, 1.165) is 16.7 Å². The largest absolute Gasteiger partial charge is 0.370 e. The summed E-state index contributed by atoms with van der Waals surface area (Å²) in [6, 6.07) is 5.83. The summed E-state index contributed by atoms with van der Waals surface area (Å²) in [5.41, 5.74) is 10.4. The number of hydrogen-bond donors (Lipinski definition) is 2. The van der Waals surface area contributed by atoms with Crippen LogP contribution in [0.1, 0.15) is 20.8 Å². The van der Waals surface area contributed by atoms with Crippen molar-refractivity contribution < 1.29 is 0 Å². The molecule has 6 heteroatoms. The standard InChI is InChI=1S/C8H12N4S2.C4H10/c9-8(10)12-5-6-13-14-7-3-1-2-4-11-7;1-4(2)3/h1-4H,5-6H2,(H4,9,10,12);4H,1-3H3. The van der Waals surface area contributed by atoms with Gasteiger partial charge in [0.25, 0.3) is 0 Å². The van der Waals surface area contributed by atoms with Crippen LogP contribution in [0.4, 0.5) is 0 Å². The molecule has 18 heavy (non-hydrogen) atoms. The Balaban J connectivity index is 0.000000631. The average molecular weight is 286 g/mol. The third-order valence-electron chi connectivity index (χ3n) is 1.25. The van der Waals surface area contributed by atoms with E-state index >= 15 is 0 Å². The number of hydrogen-bond acceptors (Lipinski definition) is 4. The first-order valence-corrected chi connectivity index (χ1v) is 8.10. The summed E-state index contributed by atoms with van der Waals surface area (Å²) in [5.74, 6) is 1.85. The minimum Gasteiger partial charge on any atom is -0.370 e. The molecule has 4 N–H and O–H groups in total. The normalized spacial score (nSPS) is 9.56. The van der Waals surface area contributed by atoms with Crippen LogP contribution >= 0.6 is 21.6 Å². The van der Waals surface area contributed by atoms with Gasteiger partial charge in [0.15, 0.2) is 5.96 Å². The number of nitrogens with two attached hydrogens (primary N) is 2. The molecule has 0 aliphatic carbocycles. The molecule has 0 amide bonds. The van der Waals surface area contributed by atoms with E-state index in [-0.39, 0.29) is 5.96 Å². The first-order chi connectivity index (χ1) is 8.52. The summed E-state index contributed by atoms with van der Waals surface area (Å²) in [5, 5.41) is 1.00. The molecule has 0 spiro atoms. The van der Waals surface area contributed by atoms with Crippen LogP contribution in [0.3, 0.4) is 0 Å². The Labute approximate surface area is 117 Å². The number of aromatic nitrogens is 1. The highest BCUT2D eigenvalue weighted by atomic mass is 33.1. The quantitative estimate of drug-likeness (QED) is 0.377. The zero-order valence-corrected chi connectivity index (χ0v) is 12.8. The van der Waals surface area contributed by atoms with Gasteiger partial charge < -0.3 is 11.5 Å². The van der Waals surface area contributed by atoms with E-state index in [1.165, 1.54) is 0 Å². The van der Waals surface area contributed by atoms with Gasteiger partial charge in [0.2, 0.25) is 0 Å². The molecule has 0 radical (unpaired) electrons. The van der Waals surface area contributed by atoms with Crippen LogP contribution in [0.5, 0.6) is 0 Å². The highest BCUT2D eigenvalue weighted by molar-refractivity contribution is 8.76.